The first-order chi connectivity index (χ1) is 18.0. The fourth-order valence-electron chi connectivity index (χ4n) is 3.77. The van der Waals surface area contributed by atoms with Crippen molar-refractivity contribution in [3.63, 3.8) is 0 Å². The Balaban J connectivity index is 1.60. The summed E-state index contributed by atoms with van der Waals surface area (Å²) in [7, 11) is 3.15. The first-order valence-electron chi connectivity index (χ1n) is 11.9. The molecular weight excluding hydrogens is 490 g/mol. The smallest absolute Gasteiger partial charge is 0.238 e. The van der Waals surface area contributed by atoms with E-state index in [0.717, 1.165) is 17.1 Å². The lowest BCUT2D eigenvalue weighted by atomic mass is 10.2. The lowest BCUT2D eigenvalue weighted by molar-refractivity contribution is -0.129. The Morgan fingerprint density at radius 3 is 2.38 bits per heavy atom. The summed E-state index contributed by atoms with van der Waals surface area (Å²) in [6.45, 7) is 2.81. The number of aliphatic imine (C=N–C) groups is 1. The van der Waals surface area contributed by atoms with Crippen LogP contribution in [0, 0.1) is 0 Å². The van der Waals surface area contributed by atoms with Gasteiger partial charge in [0.1, 0.15) is 22.5 Å². The molecule has 8 nitrogen and oxygen atoms in total. The van der Waals surface area contributed by atoms with Crippen LogP contribution in [-0.2, 0) is 16.1 Å². The molecular formula is C28H29N3O5S. The zero-order valence-corrected chi connectivity index (χ0v) is 21.8. The van der Waals surface area contributed by atoms with Gasteiger partial charge in [-0.15, -0.1) is 0 Å². The van der Waals surface area contributed by atoms with Gasteiger partial charge in [0.25, 0.3) is 0 Å². The van der Waals surface area contributed by atoms with E-state index in [4.69, 9.17) is 19.2 Å². The number of amidine groups is 1. The number of carbonyl (C=O) groups is 2. The fraction of sp³-hybridized carbons (Fsp3) is 0.250. The summed E-state index contributed by atoms with van der Waals surface area (Å²) in [5.74, 6) is 1.56. The molecule has 0 spiro atoms. The lowest BCUT2D eigenvalue weighted by Crippen LogP contribution is -2.44. The van der Waals surface area contributed by atoms with E-state index in [2.05, 4.69) is 5.32 Å². The number of hydrogen-bond donors (Lipinski definition) is 1. The summed E-state index contributed by atoms with van der Waals surface area (Å²) in [6, 6.07) is 22.0. The second-order valence-corrected chi connectivity index (χ2v) is 9.32. The van der Waals surface area contributed by atoms with Crippen LogP contribution in [-0.4, -0.2) is 48.0 Å². The molecule has 0 radical (unpaired) electrons. The SMILES string of the molecule is CCOc1ccc(N=C2S[C@@H](C(=O)Nc3ccccc3OC)CC(=O)N2Cc2ccc(OC)cc2)cc1. The molecule has 1 N–H and O–H groups in total. The van der Waals surface area contributed by atoms with Crippen molar-refractivity contribution in [1.29, 1.82) is 0 Å². The summed E-state index contributed by atoms with van der Waals surface area (Å²) in [5.41, 5.74) is 2.13. The number of amides is 2. The number of ether oxygens (including phenoxy) is 3. The van der Waals surface area contributed by atoms with Gasteiger partial charge in [0.2, 0.25) is 11.8 Å². The molecule has 0 saturated carbocycles. The number of anilines is 1. The van der Waals surface area contributed by atoms with Crippen LogP contribution in [0.25, 0.3) is 0 Å². The van der Waals surface area contributed by atoms with Gasteiger partial charge in [0.05, 0.1) is 38.7 Å². The third-order valence-electron chi connectivity index (χ3n) is 5.67. The molecule has 3 aromatic carbocycles. The molecule has 9 heteroatoms. The molecule has 0 aromatic heterocycles. The predicted octanol–water partition coefficient (Wildman–Crippen LogP) is 5.26. The first-order valence-corrected chi connectivity index (χ1v) is 12.7. The number of methoxy groups -OCH3 is 2. The van der Waals surface area contributed by atoms with Crippen molar-refractivity contribution in [2.75, 3.05) is 26.1 Å². The molecule has 2 amide bonds. The van der Waals surface area contributed by atoms with Crippen molar-refractivity contribution < 1.29 is 23.8 Å². The Morgan fingerprint density at radius 2 is 1.70 bits per heavy atom. The Hall–Kier alpha value is -3.98. The third-order valence-corrected chi connectivity index (χ3v) is 6.86. The highest BCUT2D eigenvalue weighted by atomic mass is 32.2. The predicted molar refractivity (Wildman–Crippen MR) is 146 cm³/mol. The normalized spacial score (nSPS) is 16.4. The number of carbonyl (C=O) groups excluding carboxylic acids is 2. The number of nitrogens with one attached hydrogen (secondary N) is 1. The highest BCUT2D eigenvalue weighted by Crippen LogP contribution is 2.32. The van der Waals surface area contributed by atoms with E-state index in [0.29, 0.717) is 35.4 Å². The molecule has 1 atom stereocenters. The molecule has 192 valence electrons. The van der Waals surface area contributed by atoms with E-state index in [1.165, 1.54) is 11.8 Å². The highest BCUT2D eigenvalue weighted by Gasteiger charge is 2.36. The van der Waals surface area contributed by atoms with Gasteiger partial charge in [-0.25, -0.2) is 4.99 Å². The second kappa shape index (κ2) is 12.3. The van der Waals surface area contributed by atoms with Gasteiger partial charge in [-0.1, -0.05) is 36.0 Å². The summed E-state index contributed by atoms with van der Waals surface area (Å²) < 4.78 is 16.1. The third kappa shape index (κ3) is 6.62. The van der Waals surface area contributed by atoms with Crippen molar-refractivity contribution in [1.82, 2.24) is 4.90 Å². The molecule has 4 rings (SSSR count). The number of hydrogen-bond acceptors (Lipinski definition) is 7. The van der Waals surface area contributed by atoms with Crippen LogP contribution in [0.2, 0.25) is 0 Å². The van der Waals surface area contributed by atoms with Crippen LogP contribution in [0.1, 0.15) is 18.9 Å². The van der Waals surface area contributed by atoms with E-state index < -0.39 is 5.25 Å². The number of rotatable bonds is 9. The van der Waals surface area contributed by atoms with Crippen molar-refractivity contribution in [2.24, 2.45) is 4.99 Å². The van der Waals surface area contributed by atoms with E-state index >= 15 is 0 Å². The Bertz CT molecular complexity index is 1260. The minimum absolute atomic E-state index is 0.0457. The zero-order valence-electron chi connectivity index (χ0n) is 21.0. The summed E-state index contributed by atoms with van der Waals surface area (Å²) >= 11 is 1.27. The lowest BCUT2D eigenvalue weighted by Gasteiger charge is -2.32. The molecule has 0 bridgehead atoms. The van der Waals surface area contributed by atoms with Crippen molar-refractivity contribution in [3.05, 3.63) is 78.4 Å². The number of para-hydroxylation sites is 2. The Kier molecular flexibility index (Phi) is 8.68. The first kappa shape index (κ1) is 26.1. The number of thioether (sulfide) groups is 1. The second-order valence-electron chi connectivity index (χ2n) is 8.15. The van der Waals surface area contributed by atoms with E-state index in [-0.39, 0.29) is 18.2 Å². The van der Waals surface area contributed by atoms with Crippen LogP contribution in [0.3, 0.4) is 0 Å². The van der Waals surface area contributed by atoms with Crippen LogP contribution >= 0.6 is 11.8 Å². The summed E-state index contributed by atoms with van der Waals surface area (Å²) in [6.07, 6.45) is 0.0457. The zero-order chi connectivity index (χ0) is 26.2. The van der Waals surface area contributed by atoms with Gasteiger partial charge >= 0.3 is 0 Å². The summed E-state index contributed by atoms with van der Waals surface area (Å²) in [4.78, 5) is 32.9. The average molecular weight is 520 g/mol. The molecule has 1 aliphatic rings. The minimum Gasteiger partial charge on any atom is -0.497 e. The molecule has 3 aromatic rings. The van der Waals surface area contributed by atoms with Gasteiger partial charge in [-0.2, -0.15) is 0 Å². The van der Waals surface area contributed by atoms with Crippen molar-refractivity contribution in [2.45, 2.75) is 25.1 Å². The Morgan fingerprint density at radius 1 is 1.00 bits per heavy atom. The molecule has 0 aliphatic carbocycles. The van der Waals surface area contributed by atoms with Crippen LogP contribution in [0.5, 0.6) is 17.2 Å². The maximum atomic E-state index is 13.3. The molecule has 1 aliphatic heterocycles. The van der Waals surface area contributed by atoms with Gasteiger partial charge in [-0.3, -0.25) is 14.5 Å². The maximum absolute atomic E-state index is 13.3. The quantitative estimate of drug-likeness (QED) is 0.415. The van der Waals surface area contributed by atoms with Crippen LogP contribution in [0.4, 0.5) is 11.4 Å². The highest BCUT2D eigenvalue weighted by molar-refractivity contribution is 8.15. The molecule has 1 fully saturated rings. The summed E-state index contributed by atoms with van der Waals surface area (Å²) in [5, 5.41) is 2.70. The molecule has 37 heavy (non-hydrogen) atoms. The average Bonchev–Trinajstić information content (AvgIpc) is 2.92. The standard InChI is InChI=1S/C28H29N3O5S/c1-4-36-22-15-11-20(12-16-22)29-28-31(18-19-9-13-21(34-2)14-10-19)26(32)17-25(37-28)27(33)30-23-7-5-6-8-24(23)35-3/h5-16,25H,4,17-18H2,1-3H3,(H,30,33)/t25-/m1/s1. The topological polar surface area (TPSA) is 89.5 Å². The number of nitrogens with zero attached hydrogens (tertiary/aromatic N) is 2. The molecule has 1 saturated heterocycles. The van der Waals surface area contributed by atoms with Gasteiger partial charge < -0.3 is 19.5 Å². The van der Waals surface area contributed by atoms with Crippen LogP contribution < -0.4 is 19.5 Å². The van der Waals surface area contributed by atoms with E-state index in [1.807, 2.05) is 67.6 Å². The van der Waals surface area contributed by atoms with Gasteiger partial charge in [0, 0.05) is 6.42 Å². The largest absolute Gasteiger partial charge is 0.497 e. The monoisotopic (exact) mass is 519 g/mol. The van der Waals surface area contributed by atoms with E-state index in [9.17, 15) is 9.59 Å². The Labute approximate surface area is 220 Å². The molecule has 1 heterocycles. The fourth-order valence-corrected chi connectivity index (χ4v) is 4.86. The van der Waals surface area contributed by atoms with Gasteiger partial charge in [-0.05, 0) is 61.0 Å². The maximum Gasteiger partial charge on any atom is 0.238 e. The van der Waals surface area contributed by atoms with Crippen molar-refractivity contribution >= 4 is 40.1 Å². The van der Waals surface area contributed by atoms with Gasteiger partial charge in [0.15, 0.2) is 5.17 Å². The number of benzene rings is 3. The van der Waals surface area contributed by atoms with Crippen LogP contribution in [0.15, 0.2) is 77.8 Å². The van der Waals surface area contributed by atoms with Crippen molar-refractivity contribution in [3.8, 4) is 17.2 Å². The van der Waals surface area contributed by atoms with E-state index in [1.54, 1.807) is 31.3 Å². The minimum atomic E-state index is -0.647. The molecule has 0 unspecified atom stereocenters.